The quantitative estimate of drug-likeness (QED) is 0.705. The van der Waals surface area contributed by atoms with E-state index in [9.17, 15) is 9.59 Å². The molecule has 3 heterocycles. The van der Waals surface area contributed by atoms with Crippen molar-refractivity contribution < 1.29 is 4.79 Å². The van der Waals surface area contributed by atoms with E-state index in [4.69, 9.17) is 0 Å². The van der Waals surface area contributed by atoms with Gasteiger partial charge in [-0.1, -0.05) is 18.2 Å². The molecule has 0 saturated carbocycles. The number of amides is 1. The number of benzene rings is 1. The van der Waals surface area contributed by atoms with Crippen LogP contribution in [0.5, 0.6) is 0 Å². The van der Waals surface area contributed by atoms with E-state index in [-0.39, 0.29) is 17.5 Å². The van der Waals surface area contributed by atoms with E-state index in [0.29, 0.717) is 24.5 Å². The summed E-state index contributed by atoms with van der Waals surface area (Å²) in [5.74, 6) is -0.109. The molecule has 2 aromatic heterocycles. The maximum Gasteiger partial charge on any atom is 0.275 e. The van der Waals surface area contributed by atoms with Crippen LogP contribution in [0.2, 0.25) is 0 Å². The maximum absolute atomic E-state index is 13.1. The smallest absolute Gasteiger partial charge is 0.275 e. The van der Waals surface area contributed by atoms with Crippen LogP contribution in [0, 0.1) is 20.8 Å². The van der Waals surface area contributed by atoms with Crippen LogP contribution < -0.4 is 5.56 Å². The molecule has 1 aliphatic heterocycles. The highest BCUT2D eigenvalue weighted by Gasteiger charge is 2.30. The first-order chi connectivity index (χ1) is 13.4. The fourth-order valence-electron chi connectivity index (χ4n) is 3.76. The van der Waals surface area contributed by atoms with Crippen molar-refractivity contribution in [2.24, 2.45) is 0 Å². The second kappa shape index (κ2) is 6.78. The van der Waals surface area contributed by atoms with Gasteiger partial charge in [0.15, 0.2) is 0 Å². The first-order valence-electron chi connectivity index (χ1n) is 9.49. The summed E-state index contributed by atoms with van der Waals surface area (Å²) < 4.78 is 3.29. The van der Waals surface area contributed by atoms with Gasteiger partial charge in [0, 0.05) is 19.3 Å². The Labute approximate surface area is 164 Å². The highest BCUT2D eigenvalue weighted by atomic mass is 16.2. The minimum absolute atomic E-state index is 0.0494. The summed E-state index contributed by atoms with van der Waals surface area (Å²) in [6.07, 6.45) is 3.43. The summed E-state index contributed by atoms with van der Waals surface area (Å²) in [5, 5.41) is 0. The average Bonchev–Trinajstić information content (AvgIpc) is 3.10. The predicted molar refractivity (Wildman–Crippen MR) is 108 cm³/mol. The number of carbonyl (C=O) groups excluding carboxylic acids is 1. The normalized spacial score (nSPS) is 14.9. The van der Waals surface area contributed by atoms with Crippen molar-refractivity contribution in [1.82, 2.24) is 19.0 Å². The summed E-state index contributed by atoms with van der Waals surface area (Å²) >= 11 is 0. The van der Waals surface area contributed by atoms with Gasteiger partial charge in [-0.3, -0.25) is 9.59 Å². The lowest BCUT2D eigenvalue weighted by Gasteiger charge is -2.34. The molecule has 0 fully saturated rings. The molecule has 1 aliphatic rings. The average molecular weight is 376 g/mol. The van der Waals surface area contributed by atoms with Gasteiger partial charge in [-0.15, -0.1) is 0 Å². The van der Waals surface area contributed by atoms with E-state index in [1.165, 1.54) is 11.1 Å². The van der Waals surface area contributed by atoms with Crippen LogP contribution in [0.25, 0.3) is 5.69 Å². The van der Waals surface area contributed by atoms with Crippen molar-refractivity contribution in [2.75, 3.05) is 6.54 Å². The third-order valence-electron chi connectivity index (χ3n) is 5.67. The highest BCUT2D eigenvalue weighted by Crippen LogP contribution is 2.26. The van der Waals surface area contributed by atoms with Crippen molar-refractivity contribution in [2.45, 2.75) is 40.3 Å². The summed E-state index contributed by atoms with van der Waals surface area (Å²) in [5.41, 5.74) is 5.18. The second-order valence-electron chi connectivity index (χ2n) is 7.50. The van der Waals surface area contributed by atoms with E-state index in [2.05, 4.69) is 37.0 Å². The molecule has 0 spiro atoms. The number of rotatable bonds is 3. The van der Waals surface area contributed by atoms with Gasteiger partial charge in [-0.05, 0) is 56.5 Å². The molecule has 1 atom stereocenters. The molecule has 6 nitrogen and oxygen atoms in total. The largest absolute Gasteiger partial charge is 0.329 e. The van der Waals surface area contributed by atoms with Gasteiger partial charge in [0.05, 0.1) is 18.1 Å². The summed E-state index contributed by atoms with van der Waals surface area (Å²) in [4.78, 5) is 32.1. The van der Waals surface area contributed by atoms with Crippen molar-refractivity contribution in [3.8, 4) is 5.69 Å². The summed E-state index contributed by atoms with van der Waals surface area (Å²) in [6, 6.07) is 9.70. The molecule has 0 N–H and O–H groups in total. The Balaban J connectivity index is 1.68. The fraction of sp³-hybridized carbons (Fsp3) is 0.318. The fourth-order valence-corrected chi connectivity index (χ4v) is 3.76. The minimum atomic E-state index is -0.165. The zero-order valence-electron chi connectivity index (χ0n) is 16.6. The van der Waals surface area contributed by atoms with Crippen LogP contribution in [-0.4, -0.2) is 31.5 Å². The minimum Gasteiger partial charge on any atom is -0.329 e. The van der Waals surface area contributed by atoms with Gasteiger partial charge in [0.2, 0.25) is 0 Å². The van der Waals surface area contributed by atoms with E-state index in [1.54, 1.807) is 27.6 Å². The molecule has 4 rings (SSSR count). The first-order valence-corrected chi connectivity index (χ1v) is 9.49. The summed E-state index contributed by atoms with van der Waals surface area (Å²) in [7, 11) is 0. The van der Waals surface area contributed by atoms with Crippen molar-refractivity contribution >= 4 is 5.91 Å². The van der Waals surface area contributed by atoms with Crippen LogP contribution in [0.3, 0.4) is 0 Å². The topological polar surface area (TPSA) is 60.1 Å². The number of aromatic nitrogens is 3. The number of pyridine rings is 1. The Morgan fingerprint density at radius 3 is 2.46 bits per heavy atom. The molecule has 0 saturated heterocycles. The van der Waals surface area contributed by atoms with E-state index < -0.39 is 0 Å². The highest BCUT2D eigenvalue weighted by molar-refractivity contribution is 5.93. The monoisotopic (exact) mass is 376 g/mol. The van der Waals surface area contributed by atoms with Crippen LogP contribution in [0.15, 0.2) is 47.7 Å². The van der Waals surface area contributed by atoms with Gasteiger partial charge in [0.25, 0.3) is 11.5 Å². The molecule has 3 aromatic rings. The molecule has 0 radical (unpaired) electrons. The number of aryl methyl sites for hydroxylation is 3. The third-order valence-corrected chi connectivity index (χ3v) is 5.67. The molecule has 28 heavy (non-hydrogen) atoms. The number of imidazole rings is 1. The van der Waals surface area contributed by atoms with E-state index in [0.717, 1.165) is 11.3 Å². The lowest BCUT2D eigenvalue weighted by molar-refractivity contribution is 0.0628. The predicted octanol–water partition coefficient (Wildman–Crippen LogP) is 3.18. The molecule has 0 bridgehead atoms. The Kier molecular flexibility index (Phi) is 4.41. The van der Waals surface area contributed by atoms with Gasteiger partial charge in [0.1, 0.15) is 11.4 Å². The van der Waals surface area contributed by atoms with Gasteiger partial charge < -0.3 is 14.0 Å². The molecule has 1 aromatic carbocycles. The van der Waals surface area contributed by atoms with E-state index in [1.807, 2.05) is 24.9 Å². The number of fused-ring (bicyclic) bond motifs is 1. The summed E-state index contributed by atoms with van der Waals surface area (Å²) in [6.45, 7) is 9.07. The van der Waals surface area contributed by atoms with E-state index >= 15 is 0 Å². The molecular weight excluding hydrogens is 352 g/mol. The van der Waals surface area contributed by atoms with Crippen molar-refractivity contribution in [3.05, 3.63) is 81.3 Å². The van der Waals surface area contributed by atoms with Gasteiger partial charge in [-0.2, -0.15) is 0 Å². The van der Waals surface area contributed by atoms with Crippen molar-refractivity contribution in [1.29, 1.82) is 0 Å². The Morgan fingerprint density at radius 1 is 1.00 bits per heavy atom. The Morgan fingerprint density at radius 2 is 1.79 bits per heavy atom. The molecule has 0 aliphatic carbocycles. The SMILES string of the molecule is Cc1cn(-c2ccc3n(c2=O)CCN(C(C)c2ccc(C)c(C)c2)C3=O)cn1. The molecule has 1 amide bonds. The third kappa shape index (κ3) is 2.95. The molecule has 1 unspecified atom stereocenters. The zero-order chi connectivity index (χ0) is 20.0. The van der Waals surface area contributed by atoms with Gasteiger partial charge in [-0.25, -0.2) is 4.98 Å². The number of nitrogens with zero attached hydrogens (tertiary/aromatic N) is 4. The number of carbonyl (C=O) groups is 1. The van der Waals surface area contributed by atoms with Crippen LogP contribution >= 0.6 is 0 Å². The maximum atomic E-state index is 13.1. The Bertz CT molecular complexity index is 1130. The van der Waals surface area contributed by atoms with Crippen molar-refractivity contribution in [3.63, 3.8) is 0 Å². The van der Waals surface area contributed by atoms with Crippen LogP contribution in [-0.2, 0) is 6.54 Å². The molecular formula is C22H24N4O2. The lowest BCUT2D eigenvalue weighted by Crippen LogP contribution is -2.45. The second-order valence-corrected chi connectivity index (χ2v) is 7.50. The van der Waals surface area contributed by atoms with Crippen LogP contribution in [0.1, 0.15) is 45.8 Å². The lowest BCUT2D eigenvalue weighted by atomic mass is 10.00. The number of hydrogen-bond donors (Lipinski definition) is 0. The first kappa shape index (κ1) is 18.2. The molecule has 6 heteroatoms. The Hall–Kier alpha value is -3.15. The zero-order valence-corrected chi connectivity index (χ0v) is 16.6. The van der Waals surface area contributed by atoms with Crippen LogP contribution in [0.4, 0.5) is 0 Å². The number of hydrogen-bond acceptors (Lipinski definition) is 3. The molecule has 144 valence electrons. The van der Waals surface area contributed by atoms with Gasteiger partial charge >= 0.3 is 0 Å². The standard InChI is InChI=1S/C22H24N4O2/c1-14-5-6-18(11-15(14)2)17(4)25-9-10-26-20(22(25)28)8-7-19(21(26)27)24-12-16(3)23-13-24/h5-8,11-13,17H,9-10H2,1-4H3.